The van der Waals surface area contributed by atoms with Crippen LogP contribution in [0.2, 0.25) is 0 Å². The number of rotatable bonds is 2. The zero-order valence-electron chi connectivity index (χ0n) is 5.23. The Hall–Kier alpha value is -0.840. The zero-order valence-corrected chi connectivity index (χ0v) is 5.23. The third kappa shape index (κ3) is 2.35. The molecular weight excluding hydrogens is 100 g/mol. The second-order valence-electron chi connectivity index (χ2n) is 2.01. The summed E-state index contributed by atoms with van der Waals surface area (Å²) in [5.74, 6) is 0.231. The smallest absolute Gasteiger partial charge is 0.0730 e. The van der Waals surface area contributed by atoms with Gasteiger partial charge in [0.25, 0.3) is 0 Å². The first-order chi connectivity index (χ1) is 3.68. The summed E-state index contributed by atoms with van der Waals surface area (Å²) in [5.41, 5.74) is 0.521. The van der Waals surface area contributed by atoms with E-state index in [0.29, 0.717) is 5.71 Å². The van der Waals surface area contributed by atoms with Gasteiger partial charge in [-0.3, -0.25) is 0 Å². The SMILES string of the molecule is CC(C)C(=N)CC#N. The molecule has 0 heterocycles. The predicted octanol–water partition coefficient (Wildman–Crippen LogP) is 1.58. The Labute approximate surface area is 49.6 Å². The van der Waals surface area contributed by atoms with Crippen molar-refractivity contribution in [2.75, 3.05) is 0 Å². The van der Waals surface area contributed by atoms with Crippen LogP contribution in [-0.4, -0.2) is 5.71 Å². The molecule has 0 atom stereocenters. The van der Waals surface area contributed by atoms with Crippen LogP contribution in [0.5, 0.6) is 0 Å². The van der Waals surface area contributed by atoms with Crippen LogP contribution in [0.3, 0.4) is 0 Å². The maximum Gasteiger partial charge on any atom is 0.0730 e. The topological polar surface area (TPSA) is 47.6 Å². The molecule has 0 aliphatic carbocycles. The van der Waals surface area contributed by atoms with Crippen molar-refractivity contribution in [3.05, 3.63) is 0 Å². The molecule has 0 spiro atoms. The molecule has 0 saturated heterocycles. The first kappa shape index (κ1) is 7.16. The van der Waals surface area contributed by atoms with Crippen LogP contribution < -0.4 is 0 Å². The van der Waals surface area contributed by atoms with E-state index in [9.17, 15) is 0 Å². The maximum absolute atomic E-state index is 8.09. The van der Waals surface area contributed by atoms with Gasteiger partial charge in [-0.15, -0.1) is 0 Å². The van der Waals surface area contributed by atoms with Gasteiger partial charge in [0.05, 0.1) is 12.5 Å². The summed E-state index contributed by atoms with van der Waals surface area (Å²) in [7, 11) is 0. The normalized spacial score (nSPS) is 8.75. The number of nitriles is 1. The van der Waals surface area contributed by atoms with Crippen LogP contribution >= 0.6 is 0 Å². The highest BCUT2D eigenvalue weighted by Gasteiger charge is 1.98. The number of hydrogen-bond acceptors (Lipinski definition) is 2. The molecule has 0 fully saturated rings. The van der Waals surface area contributed by atoms with Gasteiger partial charge in [-0.05, 0) is 5.92 Å². The van der Waals surface area contributed by atoms with Gasteiger partial charge < -0.3 is 5.41 Å². The molecule has 0 aliphatic heterocycles. The van der Waals surface area contributed by atoms with Gasteiger partial charge in [-0.1, -0.05) is 13.8 Å². The Balaban J connectivity index is 3.53. The van der Waals surface area contributed by atoms with E-state index in [2.05, 4.69) is 0 Å². The average molecular weight is 110 g/mol. The van der Waals surface area contributed by atoms with Gasteiger partial charge in [0.15, 0.2) is 0 Å². The van der Waals surface area contributed by atoms with E-state index in [1.165, 1.54) is 0 Å². The van der Waals surface area contributed by atoms with Crippen molar-refractivity contribution in [1.82, 2.24) is 0 Å². The first-order valence-electron chi connectivity index (χ1n) is 2.62. The van der Waals surface area contributed by atoms with E-state index < -0.39 is 0 Å². The zero-order chi connectivity index (χ0) is 6.57. The molecule has 0 bridgehead atoms. The standard InChI is InChI=1S/C6H10N2/c1-5(2)6(8)3-4-7/h5,8H,3H2,1-2H3. The first-order valence-corrected chi connectivity index (χ1v) is 2.62. The molecule has 0 radical (unpaired) electrons. The molecule has 0 aromatic heterocycles. The lowest BCUT2D eigenvalue weighted by Gasteiger charge is -1.99. The van der Waals surface area contributed by atoms with Crippen molar-refractivity contribution in [1.29, 1.82) is 10.7 Å². The minimum atomic E-state index is 0.231. The highest BCUT2D eigenvalue weighted by atomic mass is 14.4. The van der Waals surface area contributed by atoms with Gasteiger partial charge in [-0.2, -0.15) is 5.26 Å². The summed E-state index contributed by atoms with van der Waals surface area (Å²) in [5, 5.41) is 15.2. The fourth-order valence-corrected chi connectivity index (χ4v) is 0.289. The Morgan fingerprint density at radius 2 is 2.25 bits per heavy atom. The van der Waals surface area contributed by atoms with E-state index in [1.54, 1.807) is 0 Å². The van der Waals surface area contributed by atoms with Crippen molar-refractivity contribution in [2.24, 2.45) is 5.92 Å². The highest BCUT2D eigenvalue weighted by molar-refractivity contribution is 5.84. The molecule has 0 saturated carbocycles. The lowest BCUT2D eigenvalue weighted by molar-refractivity contribution is 0.860. The molecule has 0 aromatic rings. The minimum absolute atomic E-state index is 0.231. The third-order valence-electron chi connectivity index (χ3n) is 0.966. The minimum Gasteiger partial charge on any atom is -0.308 e. The lowest BCUT2D eigenvalue weighted by atomic mass is 10.1. The molecule has 0 rings (SSSR count). The van der Waals surface area contributed by atoms with E-state index in [1.807, 2.05) is 19.9 Å². The summed E-state index contributed by atoms with van der Waals surface area (Å²) < 4.78 is 0. The van der Waals surface area contributed by atoms with Crippen LogP contribution in [0.15, 0.2) is 0 Å². The Bertz CT molecular complexity index is 119. The summed E-state index contributed by atoms with van der Waals surface area (Å²) in [6, 6.07) is 1.92. The fourth-order valence-electron chi connectivity index (χ4n) is 0.289. The quantitative estimate of drug-likeness (QED) is 0.539. The van der Waals surface area contributed by atoms with Crippen LogP contribution in [0.1, 0.15) is 20.3 Å². The summed E-state index contributed by atoms with van der Waals surface area (Å²) in [6.45, 7) is 3.83. The molecule has 2 nitrogen and oxygen atoms in total. The Morgan fingerprint density at radius 1 is 1.75 bits per heavy atom. The van der Waals surface area contributed by atoms with Crippen LogP contribution in [-0.2, 0) is 0 Å². The van der Waals surface area contributed by atoms with Crippen molar-refractivity contribution < 1.29 is 0 Å². The van der Waals surface area contributed by atoms with E-state index >= 15 is 0 Å². The summed E-state index contributed by atoms with van der Waals surface area (Å²) in [6.07, 6.45) is 0.275. The van der Waals surface area contributed by atoms with E-state index in [-0.39, 0.29) is 12.3 Å². The van der Waals surface area contributed by atoms with Gasteiger partial charge in [-0.25, -0.2) is 0 Å². The van der Waals surface area contributed by atoms with Gasteiger partial charge in [0.2, 0.25) is 0 Å². The monoisotopic (exact) mass is 110 g/mol. The maximum atomic E-state index is 8.09. The van der Waals surface area contributed by atoms with E-state index in [4.69, 9.17) is 10.7 Å². The van der Waals surface area contributed by atoms with Crippen LogP contribution in [0, 0.1) is 22.7 Å². The second-order valence-corrected chi connectivity index (χ2v) is 2.01. The Kier molecular flexibility index (Phi) is 2.86. The fraction of sp³-hybridized carbons (Fsp3) is 0.667. The number of hydrogen-bond donors (Lipinski definition) is 1. The summed E-state index contributed by atoms with van der Waals surface area (Å²) >= 11 is 0. The van der Waals surface area contributed by atoms with Crippen LogP contribution in [0.4, 0.5) is 0 Å². The summed E-state index contributed by atoms with van der Waals surface area (Å²) in [4.78, 5) is 0. The molecule has 1 N–H and O–H groups in total. The number of nitrogens with one attached hydrogen (secondary N) is 1. The molecule has 8 heavy (non-hydrogen) atoms. The van der Waals surface area contributed by atoms with Crippen molar-refractivity contribution in [3.8, 4) is 6.07 Å². The molecule has 0 unspecified atom stereocenters. The van der Waals surface area contributed by atoms with Crippen LogP contribution in [0.25, 0.3) is 0 Å². The Morgan fingerprint density at radius 3 is 2.38 bits per heavy atom. The van der Waals surface area contributed by atoms with E-state index in [0.717, 1.165) is 0 Å². The third-order valence-corrected chi connectivity index (χ3v) is 0.966. The largest absolute Gasteiger partial charge is 0.308 e. The molecule has 0 amide bonds. The lowest BCUT2D eigenvalue weighted by Crippen LogP contribution is -2.03. The number of nitrogens with zero attached hydrogens (tertiary/aromatic N) is 1. The van der Waals surface area contributed by atoms with Crippen molar-refractivity contribution in [3.63, 3.8) is 0 Å². The van der Waals surface area contributed by atoms with Crippen molar-refractivity contribution in [2.45, 2.75) is 20.3 Å². The molecule has 0 aromatic carbocycles. The second kappa shape index (κ2) is 3.20. The molecule has 2 heteroatoms. The van der Waals surface area contributed by atoms with Gasteiger partial charge in [0, 0.05) is 5.71 Å². The highest BCUT2D eigenvalue weighted by Crippen LogP contribution is 1.96. The van der Waals surface area contributed by atoms with Gasteiger partial charge in [0.1, 0.15) is 0 Å². The molecule has 0 aliphatic rings. The predicted molar refractivity (Wildman–Crippen MR) is 32.8 cm³/mol. The van der Waals surface area contributed by atoms with Crippen molar-refractivity contribution >= 4 is 5.71 Å². The molecule has 44 valence electrons. The average Bonchev–Trinajstić information content (AvgIpc) is 1.67. The van der Waals surface area contributed by atoms with Gasteiger partial charge >= 0.3 is 0 Å². The molecular formula is C6H10N2.